The van der Waals surface area contributed by atoms with E-state index in [1.54, 1.807) is 6.20 Å². The van der Waals surface area contributed by atoms with Crippen LogP contribution in [-0.4, -0.2) is 15.0 Å². The highest BCUT2D eigenvalue weighted by Gasteiger charge is 2.02. The fraction of sp³-hybridized carbons (Fsp3) is 0.250. The van der Waals surface area contributed by atoms with Gasteiger partial charge < -0.3 is 4.98 Å². The third-order valence-electron chi connectivity index (χ3n) is 2.23. The molecule has 0 spiro atoms. The van der Waals surface area contributed by atoms with E-state index in [-0.39, 0.29) is 0 Å². The van der Waals surface area contributed by atoms with E-state index in [1.165, 1.54) is 0 Å². The van der Waals surface area contributed by atoms with Gasteiger partial charge in [0.05, 0.1) is 0 Å². The molecule has 0 amide bonds. The molecule has 2 heterocycles. The minimum atomic E-state index is 0.614. The number of hydrogen-bond donors (Lipinski definition) is 1. The van der Waals surface area contributed by atoms with Crippen molar-refractivity contribution in [1.82, 2.24) is 15.0 Å². The van der Waals surface area contributed by atoms with E-state index in [2.05, 4.69) is 21.9 Å². The Kier molecular flexibility index (Phi) is 3.41. The fourth-order valence-corrected chi connectivity index (χ4v) is 1.77. The molecule has 0 aromatic carbocycles. The molecule has 4 heteroatoms. The van der Waals surface area contributed by atoms with Crippen LogP contribution in [0, 0.1) is 4.64 Å². The topological polar surface area (TPSA) is 41.6 Å². The number of aromatic amines is 1. The monoisotopic (exact) mass is 231 g/mol. The molecule has 2 aromatic rings. The number of H-pyrrole nitrogens is 1. The lowest BCUT2D eigenvalue weighted by Gasteiger charge is -2.04. The van der Waals surface area contributed by atoms with Crippen LogP contribution in [-0.2, 0) is 6.42 Å². The van der Waals surface area contributed by atoms with E-state index in [0.29, 0.717) is 4.64 Å². The van der Waals surface area contributed by atoms with Gasteiger partial charge >= 0.3 is 0 Å². The summed E-state index contributed by atoms with van der Waals surface area (Å²) < 4.78 is 0.614. The van der Waals surface area contributed by atoms with Crippen molar-refractivity contribution < 1.29 is 0 Å². The smallest absolute Gasteiger partial charge is 0.157 e. The summed E-state index contributed by atoms with van der Waals surface area (Å²) in [5.41, 5.74) is 1.94. The predicted molar refractivity (Wildman–Crippen MR) is 66.6 cm³/mol. The molecule has 0 aliphatic carbocycles. The van der Waals surface area contributed by atoms with Crippen molar-refractivity contribution in [3.05, 3.63) is 40.8 Å². The van der Waals surface area contributed by atoms with Gasteiger partial charge in [0.25, 0.3) is 0 Å². The van der Waals surface area contributed by atoms with Crippen LogP contribution in [0.2, 0.25) is 0 Å². The van der Waals surface area contributed by atoms with Crippen molar-refractivity contribution in [2.45, 2.75) is 19.8 Å². The molecule has 0 unspecified atom stereocenters. The van der Waals surface area contributed by atoms with E-state index in [4.69, 9.17) is 12.2 Å². The maximum Gasteiger partial charge on any atom is 0.157 e. The van der Waals surface area contributed by atoms with Crippen LogP contribution < -0.4 is 0 Å². The molecule has 1 N–H and O–H groups in total. The Morgan fingerprint density at radius 2 is 2.25 bits per heavy atom. The van der Waals surface area contributed by atoms with E-state index >= 15 is 0 Å². The summed E-state index contributed by atoms with van der Waals surface area (Å²) in [4.78, 5) is 11.8. The van der Waals surface area contributed by atoms with E-state index in [0.717, 1.165) is 30.1 Å². The zero-order valence-corrected chi connectivity index (χ0v) is 9.92. The highest BCUT2D eigenvalue weighted by atomic mass is 32.1. The first-order chi connectivity index (χ1) is 7.79. The predicted octanol–water partition coefficient (Wildman–Crippen LogP) is 3.15. The number of nitrogens with one attached hydrogen (secondary N) is 1. The summed E-state index contributed by atoms with van der Waals surface area (Å²) in [6.45, 7) is 2.14. The number of pyridine rings is 1. The second-order valence-corrected chi connectivity index (χ2v) is 3.98. The summed E-state index contributed by atoms with van der Waals surface area (Å²) in [5.74, 6) is 0.747. The number of hydrogen-bond acceptors (Lipinski definition) is 3. The van der Waals surface area contributed by atoms with Gasteiger partial charge in [-0.15, -0.1) is 0 Å². The van der Waals surface area contributed by atoms with Gasteiger partial charge in [-0.1, -0.05) is 31.6 Å². The van der Waals surface area contributed by atoms with Gasteiger partial charge in [-0.2, -0.15) is 0 Å². The molecule has 0 fully saturated rings. The fourth-order valence-electron chi connectivity index (χ4n) is 1.54. The van der Waals surface area contributed by atoms with Gasteiger partial charge in [0.2, 0.25) is 0 Å². The molecule has 82 valence electrons. The summed E-state index contributed by atoms with van der Waals surface area (Å²) in [6.07, 6.45) is 3.81. The van der Waals surface area contributed by atoms with Crippen molar-refractivity contribution in [1.29, 1.82) is 0 Å². The molecule has 0 atom stereocenters. The molecule has 0 saturated heterocycles. The average molecular weight is 231 g/mol. The van der Waals surface area contributed by atoms with Crippen molar-refractivity contribution in [3.63, 3.8) is 0 Å². The number of rotatable bonds is 3. The quantitative estimate of drug-likeness (QED) is 0.825. The average Bonchev–Trinajstić information content (AvgIpc) is 2.30. The summed E-state index contributed by atoms with van der Waals surface area (Å²) in [6, 6.07) is 7.65. The molecule has 2 aromatic heterocycles. The highest BCUT2D eigenvalue weighted by Crippen LogP contribution is 2.12. The Morgan fingerprint density at radius 1 is 1.38 bits per heavy atom. The third-order valence-corrected chi connectivity index (χ3v) is 2.43. The number of aryl methyl sites for hydroxylation is 1. The molecule has 0 bridgehead atoms. The zero-order chi connectivity index (χ0) is 11.4. The molecule has 0 radical (unpaired) electrons. The van der Waals surface area contributed by atoms with E-state index in [1.807, 2.05) is 24.3 Å². The highest BCUT2D eigenvalue weighted by molar-refractivity contribution is 7.71. The summed E-state index contributed by atoms with van der Waals surface area (Å²) in [7, 11) is 0. The van der Waals surface area contributed by atoms with Gasteiger partial charge in [-0.25, -0.2) is 4.98 Å². The zero-order valence-electron chi connectivity index (χ0n) is 9.10. The molecule has 0 aliphatic heterocycles. The van der Waals surface area contributed by atoms with E-state index < -0.39 is 0 Å². The maximum atomic E-state index is 5.14. The molecule has 0 saturated carbocycles. The first kappa shape index (κ1) is 11.0. The first-order valence-corrected chi connectivity index (χ1v) is 5.72. The third kappa shape index (κ3) is 2.52. The first-order valence-electron chi connectivity index (χ1n) is 5.31. The minimum absolute atomic E-state index is 0.614. The Bertz CT molecular complexity index is 519. The molecule has 2 rings (SSSR count). The molecular formula is C12H13N3S. The maximum absolute atomic E-state index is 5.14. The summed E-state index contributed by atoms with van der Waals surface area (Å²) >= 11 is 5.14. The lowest BCUT2D eigenvalue weighted by molar-refractivity contribution is 0.872. The molecule has 16 heavy (non-hydrogen) atoms. The van der Waals surface area contributed by atoms with Gasteiger partial charge in [0.1, 0.15) is 10.3 Å². The van der Waals surface area contributed by atoms with Crippen molar-refractivity contribution in [2.24, 2.45) is 0 Å². The van der Waals surface area contributed by atoms with Gasteiger partial charge in [0.15, 0.2) is 5.82 Å². The van der Waals surface area contributed by atoms with Crippen LogP contribution >= 0.6 is 12.2 Å². The lowest BCUT2D eigenvalue weighted by atomic mass is 10.2. The SMILES string of the molecule is CCCc1cc(=S)nc(-c2ccccn2)[nH]1. The Hall–Kier alpha value is -1.55. The van der Waals surface area contributed by atoms with Gasteiger partial charge in [-0.05, 0) is 24.6 Å². The van der Waals surface area contributed by atoms with Crippen LogP contribution in [0.5, 0.6) is 0 Å². The van der Waals surface area contributed by atoms with Crippen LogP contribution in [0.15, 0.2) is 30.5 Å². The lowest BCUT2D eigenvalue weighted by Crippen LogP contribution is -1.97. The van der Waals surface area contributed by atoms with Crippen molar-refractivity contribution in [2.75, 3.05) is 0 Å². The number of nitrogens with zero attached hydrogens (tertiary/aromatic N) is 2. The van der Waals surface area contributed by atoms with Gasteiger partial charge in [0, 0.05) is 11.9 Å². The minimum Gasteiger partial charge on any atom is -0.342 e. The van der Waals surface area contributed by atoms with Gasteiger partial charge in [-0.3, -0.25) is 4.98 Å². The molecular weight excluding hydrogens is 218 g/mol. The Balaban J connectivity index is 2.45. The molecule has 3 nitrogen and oxygen atoms in total. The second kappa shape index (κ2) is 4.99. The standard InChI is InChI=1S/C12H13N3S/c1-2-5-9-8-11(16)15-12(14-9)10-6-3-4-7-13-10/h3-4,6-8H,2,5H2,1H3,(H,14,15,16). The Morgan fingerprint density at radius 3 is 2.94 bits per heavy atom. The largest absolute Gasteiger partial charge is 0.342 e. The van der Waals surface area contributed by atoms with Crippen molar-refractivity contribution >= 4 is 12.2 Å². The van der Waals surface area contributed by atoms with Crippen LogP contribution in [0.1, 0.15) is 19.0 Å². The summed E-state index contributed by atoms with van der Waals surface area (Å²) in [5, 5.41) is 0. The number of aromatic nitrogens is 3. The Labute approximate surface area is 99.6 Å². The van der Waals surface area contributed by atoms with Crippen LogP contribution in [0.3, 0.4) is 0 Å². The molecule has 0 aliphatic rings. The second-order valence-electron chi connectivity index (χ2n) is 3.56. The van der Waals surface area contributed by atoms with E-state index in [9.17, 15) is 0 Å². The normalized spacial score (nSPS) is 10.3. The van der Waals surface area contributed by atoms with Crippen LogP contribution in [0.4, 0.5) is 0 Å². The van der Waals surface area contributed by atoms with Crippen molar-refractivity contribution in [3.8, 4) is 11.5 Å². The van der Waals surface area contributed by atoms with Crippen LogP contribution in [0.25, 0.3) is 11.5 Å².